The number of rotatable bonds is 4. The molecule has 0 aliphatic carbocycles. The van der Waals surface area contributed by atoms with Gasteiger partial charge >= 0.3 is 5.97 Å². The zero-order valence-corrected chi connectivity index (χ0v) is 5.96. The van der Waals surface area contributed by atoms with Crippen LogP contribution in [0.2, 0.25) is 0 Å². The smallest absolute Gasteiger partial charge is 0.330 e. The van der Waals surface area contributed by atoms with Gasteiger partial charge in [0.25, 0.3) is 0 Å². The molecule has 3 heteroatoms. The average molecular weight is 141 g/mol. The van der Waals surface area contributed by atoms with E-state index >= 15 is 0 Å². The highest BCUT2D eigenvalue weighted by molar-refractivity contribution is 5.81. The van der Waals surface area contributed by atoms with Crippen LogP contribution in [-0.4, -0.2) is 19.6 Å². The zero-order chi connectivity index (χ0) is 7.82. The van der Waals surface area contributed by atoms with Crippen molar-refractivity contribution >= 4 is 5.97 Å². The van der Waals surface area contributed by atoms with E-state index in [4.69, 9.17) is 0 Å². The quantitative estimate of drug-likeness (QED) is 0.456. The molecule has 0 amide bonds. The Balaban J connectivity index is 3.27. The number of esters is 1. The Morgan fingerprint density at radius 1 is 1.80 bits per heavy atom. The van der Waals surface area contributed by atoms with Gasteiger partial charge in [-0.05, 0) is 12.3 Å². The van der Waals surface area contributed by atoms with Gasteiger partial charge in [-0.1, -0.05) is 6.58 Å². The maximum Gasteiger partial charge on any atom is 0.330 e. The topological polar surface area (TPSA) is 38.3 Å². The Bertz CT molecular complexity index is 141. The van der Waals surface area contributed by atoms with Gasteiger partial charge in [0.2, 0.25) is 0 Å². The Labute approximate surface area is 60.4 Å². The van der Waals surface area contributed by atoms with Crippen molar-refractivity contribution in [2.75, 3.05) is 13.7 Å². The third-order valence-electron chi connectivity index (χ3n) is 0.773. The molecule has 0 saturated heterocycles. The second kappa shape index (κ2) is 5.88. The second-order valence-electron chi connectivity index (χ2n) is 1.53. The first kappa shape index (κ1) is 8.75. The summed E-state index contributed by atoms with van der Waals surface area (Å²) in [5.41, 5.74) is 0. The summed E-state index contributed by atoms with van der Waals surface area (Å²) in [6, 6.07) is 0. The van der Waals surface area contributed by atoms with Crippen LogP contribution in [0.25, 0.3) is 0 Å². The molecule has 0 spiro atoms. The molecule has 0 aliphatic heterocycles. The minimum atomic E-state index is -0.402. The highest BCUT2D eigenvalue weighted by atomic mass is 16.5. The van der Waals surface area contributed by atoms with Crippen LogP contribution in [0.1, 0.15) is 0 Å². The number of hydrogen-bond acceptors (Lipinski definition) is 3. The molecule has 0 rings (SSSR count). The number of carbonyl (C=O) groups is 1. The van der Waals surface area contributed by atoms with Crippen LogP contribution in [0.5, 0.6) is 0 Å². The summed E-state index contributed by atoms with van der Waals surface area (Å²) in [6.07, 6.45) is 4.52. The van der Waals surface area contributed by atoms with Gasteiger partial charge in [0.15, 0.2) is 0 Å². The van der Waals surface area contributed by atoms with Crippen LogP contribution in [0.15, 0.2) is 24.9 Å². The summed E-state index contributed by atoms with van der Waals surface area (Å²) < 4.78 is 4.61. The largest absolute Gasteiger partial charge is 0.458 e. The number of nitrogens with one attached hydrogen (secondary N) is 1. The Hall–Kier alpha value is -1.25. The van der Waals surface area contributed by atoms with E-state index in [0.717, 1.165) is 6.08 Å². The lowest BCUT2D eigenvalue weighted by Gasteiger charge is -1.94. The maximum atomic E-state index is 10.4. The number of ether oxygens (including phenoxy) is 1. The molecule has 1 N–H and O–H groups in total. The van der Waals surface area contributed by atoms with Gasteiger partial charge in [0.05, 0.1) is 0 Å². The molecule has 0 aromatic rings. The molecule has 3 nitrogen and oxygen atoms in total. The second-order valence-corrected chi connectivity index (χ2v) is 1.53. The van der Waals surface area contributed by atoms with Crippen molar-refractivity contribution in [2.24, 2.45) is 0 Å². The molecule has 0 fully saturated rings. The fourth-order valence-electron chi connectivity index (χ4n) is 0.355. The predicted molar refractivity (Wildman–Crippen MR) is 39.4 cm³/mol. The van der Waals surface area contributed by atoms with Crippen LogP contribution < -0.4 is 5.32 Å². The van der Waals surface area contributed by atoms with E-state index in [1.807, 2.05) is 0 Å². The molecule has 0 aromatic heterocycles. The van der Waals surface area contributed by atoms with Crippen molar-refractivity contribution in [2.45, 2.75) is 0 Å². The van der Waals surface area contributed by atoms with E-state index in [9.17, 15) is 4.79 Å². The van der Waals surface area contributed by atoms with Crippen molar-refractivity contribution in [1.82, 2.24) is 5.32 Å². The fourth-order valence-corrected chi connectivity index (χ4v) is 0.355. The molecule has 0 unspecified atom stereocenters. The molecule has 0 heterocycles. The first-order valence-corrected chi connectivity index (χ1v) is 2.92. The molecule has 0 radical (unpaired) electrons. The van der Waals surface area contributed by atoms with Crippen molar-refractivity contribution in [1.29, 1.82) is 0 Å². The maximum absolute atomic E-state index is 10.4. The van der Waals surface area contributed by atoms with Gasteiger partial charge < -0.3 is 10.1 Å². The SMILES string of the molecule is C=CC(=O)OC/C=C/NC. The third-order valence-corrected chi connectivity index (χ3v) is 0.773. The van der Waals surface area contributed by atoms with Crippen LogP contribution in [0.4, 0.5) is 0 Å². The summed E-state index contributed by atoms with van der Waals surface area (Å²) in [5, 5.41) is 2.76. The third kappa shape index (κ3) is 4.90. The molecule has 0 aromatic carbocycles. The van der Waals surface area contributed by atoms with Gasteiger partial charge in [-0.3, -0.25) is 0 Å². The van der Waals surface area contributed by atoms with Gasteiger partial charge in [-0.2, -0.15) is 0 Å². The summed E-state index contributed by atoms with van der Waals surface area (Å²) in [5.74, 6) is -0.402. The van der Waals surface area contributed by atoms with E-state index in [1.165, 1.54) is 0 Å². The van der Waals surface area contributed by atoms with E-state index < -0.39 is 5.97 Å². The minimum absolute atomic E-state index is 0.283. The van der Waals surface area contributed by atoms with Gasteiger partial charge in [-0.15, -0.1) is 0 Å². The first-order valence-electron chi connectivity index (χ1n) is 2.92. The molecular formula is C7H11NO2. The van der Waals surface area contributed by atoms with Gasteiger partial charge in [-0.25, -0.2) is 4.79 Å². The fraction of sp³-hybridized carbons (Fsp3) is 0.286. The molecule has 0 bridgehead atoms. The van der Waals surface area contributed by atoms with Crippen molar-refractivity contribution in [3.63, 3.8) is 0 Å². The highest BCUT2D eigenvalue weighted by Gasteiger charge is 1.88. The summed E-state index contributed by atoms with van der Waals surface area (Å²) in [6.45, 7) is 3.53. The standard InChI is InChI=1S/C7H11NO2/c1-3-7(9)10-6-4-5-8-2/h3-5,8H,1,6H2,2H3/b5-4+. The van der Waals surface area contributed by atoms with E-state index in [-0.39, 0.29) is 6.61 Å². The van der Waals surface area contributed by atoms with Crippen LogP contribution in [0, 0.1) is 0 Å². The number of hydrogen-bond donors (Lipinski definition) is 1. The van der Waals surface area contributed by atoms with E-state index in [1.54, 1.807) is 19.3 Å². The monoisotopic (exact) mass is 141 g/mol. The Morgan fingerprint density at radius 3 is 3.00 bits per heavy atom. The molecule has 0 saturated carbocycles. The zero-order valence-electron chi connectivity index (χ0n) is 5.96. The normalized spacial score (nSPS) is 9.30. The predicted octanol–water partition coefficient (Wildman–Crippen LogP) is 0.449. The molecule has 0 atom stereocenters. The van der Waals surface area contributed by atoms with Crippen LogP contribution >= 0.6 is 0 Å². The summed E-state index contributed by atoms with van der Waals surface area (Å²) in [7, 11) is 1.77. The van der Waals surface area contributed by atoms with E-state index in [0.29, 0.717) is 0 Å². The molecule has 10 heavy (non-hydrogen) atoms. The molecular weight excluding hydrogens is 130 g/mol. The van der Waals surface area contributed by atoms with Crippen molar-refractivity contribution in [3.05, 3.63) is 24.9 Å². The average Bonchev–Trinajstić information content (AvgIpc) is 1.98. The molecule has 0 aliphatic rings. The first-order chi connectivity index (χ1) is 4.81. The van der Waals surface area contributed by atoms with Crippen molar-refractivity contribution < 1.29 is 9.53 Å². The lowest BCUT2D eigenvalue weighted by Crippen LogP contribution is -2.00. The van der Waals surface area contributed by atoms with Gasteiger partial charge in [0.1, 0.15) is 6.61 Å². The van der Waals surface area contributed by atoms with Gasteiger partial charge in [0, 0.05) is 13.1 Å². The highest BCUT2D eigenvalue weighted by Crippen LogP contribution is 1.78. The van der Waals surface area contributed by atoms with Crippen LogP contribution in [-0.2, 0) is 9.53 Å². The minimum Gasteiger partial charge on any atom is -0.458 e. The lowest BCUT2D eigenvalue weighted by molar-refractivity contribution is -0.136. The Morgan fingerprint density at radius 2 is 2.50 bits per heavy atom. The van der Waals surface area contributed by atoms with E-state index in [2.05, 4.69) is 16.6 Å². The summed E-state index contributed by atoms with van der Waals surface area (Å²) in [4.78, 5) is 10.4. The molecule has 56 valence electrons. The number of carbonyl (C=O) groups excluding carboxylic acids is 1. The lowest BCUT2D eigenvalue weighted by atomic mass is 10.6. The summed E-state index contributed by atoms with van der Waals surface area (Å²) >= 11 is 0. The Kier molecular flexibility index (Phi) is 5.14. The van der Waals surface area contributed by atoms with Crippen molar-refractivity contribution in [3.8, 4) is 0 Å². The van der Waals surface area contributed by atoms with Crippen LogP contribution in [0.3, 0.4) is 0 Å².